The Bertz CT molecular complexity index is 1010. The number of ether oxygens (including phenoxy) is 4. The molecule has 1 unspecified atom stereocenters. The molecule has 1 atom stereocenters. The summed E-state index contributed by atoms with van der Waals surface area (Å²) >= 11 is 5.91. The largest absolute Gasteiger partial charge is 0.491 e. The number of nitrogens with zero attached hydrogens (tertiary/aromatic N) is 3. The fraction of sp³-hybridized carbons (Fsp3) is 0.593. The summed E-state index contributed by atoms with van der Waals surface area (Å²) in [5.74, 6) is 0.428. The first-order valence-electron chi connectivity index (χ1n) is 13.5. The highest BCUT2D eigenvalue weighted by Crippen LogP contribution is 2.19. The van der Waals surface area contributed by atoms with Gasteiger partial charge in [-0.2, -0.15) is 0 Å². The molecule has 0 aliphatic carbocycles. The Hall–Kier alpha value is -2.70. The first kappa shape index (κ1) is 30.8. The van der Waals surface area contributed by atoms with Gasteiger partial charge in [0.05, 0.1) is 33.0 Å². The Morgan fingerprint density at radius 1 is 1.03 bits per heavy atom. The molecule has 1 aliphatic heterocycles. The average molecular weight is 565 g/mol. The summed E-state index contributed by atoms with van der Waals surface area (Å²) in [6.45, 7) is 8.71. The number of piperidine rings is 1. The molecule has 2 heterocycles. The lowest BCUT2D eigenvalue weighted by molar-refractivity contribution is 0.0114. The third-order valence-corrected chi connectivity index (χ3v) is 6.55. The second-order valence-electron chi connectivity index (χ2n) is 9.26. The first-order chi connectivity index (χ1) is 19.0. The number of halogens is 1. The Morgan fingerprint density at radius 2 is 1.72 bits per heavy atom. The van der Waals surface area contributed by atoms with Crippen LogP contribution in [0.4, 0.5) is 11.6 Å². The number of nitrogen functional groups attached to an aromatic ring is 2. The number of nitrogens with one attached hydrogen (secondary N) is 1. The Balaban J connectivity index is 1.29. The summed E-state index contributed by atoms with van der Waals surface area (Å²) in [7, 11) is 0. The highest BCUT2D eigenvalue weighted by Gasteiger charge is 2.24. The highest BCUT2D eigenvalue weighted by atomic mass is 35.5. The maximum atomic E-state index is 12.7. The number of hydrogen-bond donors (Lipinski definition) is 3. The third-order valence-electron chi connectivity index (χ3n) is 6.27. The number of anilines is 2. The van der Waals surface area contributed by atoms with Crippen LogP contribution in [-0.2, 0) is 20.6 Å². The molecule has 1 aromatic carbocycles. The van der Waals surface area contributed by atoms with Gasteiger partial charge in [0.2, 0.25) is 0 Å². The standard InChI is InChI=1S/C27H41ClN6O5/c1-2-36-13-14-37-15-16-38-17-18-39-22-9-7-20(8-10-22)5-3-11-34-12-4-6-21(19-34)31-27(35)23-25(29)33-26(30)24(28)32-23/h7-10,21H,2-6,11-19H2,1H3,(H,31,35)(H4,29,30,33). The van der Waals surface area contributed by atoms with Gasteiger partial charge in [0.15, 0.2) is 22.5 Å². The zero-order valence-electron chi connectivity index (χ0n) is 22.7. The number of aryl methyl sites for hydroxylation is 1. The van der Waals surface area contributed by atoms with Gasteiger partial charge in [0.1, 0.15) is 12.4 Å². The molecule has 0 radical (unpaired) electrons. The molecule has 1 aromatic heterocycles. The van der Waals surface area contributed by atoms with Crippen LogP contribution in [0.1, 0.15) is 42.2 Å². The summed E-state index contributed by atoms with van der Waals surface area (Å²) in [4.78, 5) is 22.9. The quantitative estimate of drug-likeness (QED) is 0.245. The number of benzene rings is 1. The zero-order chi connectivity index (χ0) is 27.9. The molecule has 1 fully saturated rings. The van der Waals surface area contributed by atoms with Gasteiger partial charge in [-0.25, -0.2) is 9.97 Å². The molecule has 0 bridgehead atoms. The number of nitrogens with two attached hydrogens (primary N) is 2. The molecule has 216 valence electrons. The molecular formula is C27H41ClN6O5. The van der Waals surface area contributed by atoms with E-state index in [1.165, 1.54) is 5.56 Å². The average Bonchev–Trinajstić information content (AvgIpc) is 2.93. The van der Waals surface area contributed by atoms with Crippen molar-refractivity contribution in [2.75, 3.05) is 77.3 Å². The van der Waals surface area contributed by atoms with E-state index >= 15 is 0 Å². The fourth-order valence-corrected chi connectivity index (χ4v) is 4.43. The van der Waals surface area contributed by atoms with Crippen LogP contribution < -0.4 is 21.5 Å². The lowest BCUT2D eigenvalue weighted by Gasteiger charge is -2.33. The maximum Gasteiger partial charge on any atom is 0.274 e. The van der Waals surface area contributed by atoms with E-state index in [0.717, 1.165) is 51.1 Å². The van der Waals surface area contributed by atoms with Crippen molar-refractivity contribution >= 4 is 29.1 Å². The molecule has 0 spiro atoms. The van der Waals surface area contributed by atoms with Gasteiger partial charge < -0.3 is 40.6 Å². The smallest absolute Gasteiger partial charge is 0.274 e. The minimum atomic E-state index is -0.384. The van der Waals surface area contributed by atoms with Gasteiger partial charge in [0.25, 0.3) is 5.91 Å². The van der Waals surface area contributed by atoms with Crippen LogP contribution in [0, 0.1) is 0 Å². The Labute approximate surface area is 235 Å². The monoisotopic (exact) mass is 564 g/mol. The molecule has 2 aromatic rings. The zero-order valence-corrected chi connectivity index (χ0v) is 23.5. The minimum Gasteiger partial charge on any atom is -0.491 e. The van der Waals surface area contributed by atoms with E-state index < -0.39 is 0 Å². The van der Waals surface area contributed by atoms with E-state index in [9.17, 15) is 4.79 Å². The van der Waals surface area contributed by atoms with Crippen LogP contribution in [0.5, 0.6) is 5.75 Å². The van der Waals surface area contributed by atoms with Gasteiger partial charge in [-0.15, -0.1) is 0 Å². The number of hydrogen-bond acceptors (Lipinski definition) is 10. The molecule has 39 heavy (non-hydrogen) atoms. The van der Waals surface area contributed by atoms with Crippen LogP contribution in [-0.4, -0.2) is 92.7 Å². The number of carbonyl (C=O) groups excluding carboxylic acids is 1. The van der Waals surface area contributed by atoms with Crippen LogP contribution in [0.25, 0.3) is 0 Å². The number of amides is 1. The van der Waals surface area contributed by atoms with Gasteiger partial charge in [-0.3, -0.25) is 4.79 Å². The molecule has 1 saturated heterocycles. The second kappa shape index (κ2) is 17.1. The number of aromatic nitrogens is 2. The van der Waals surface area contributed by atoms with E-state index in [2.05, 4.69) is 32.3 Å². The van der Waals surface area contributed by atoms with E-state index in [4.69, 9.17) is 42.0 Å². The van der Waals surface area contributed by atoms with Crippen molar-refractivity contribution in [2.45, 2.75) is 38.6 Å². The molecule has 12 heteroatoms. The number of rotatable bonds is 17. The Kier molecular flexibility index (Phi) is 13.5. The summed E-state index contributed by atoms with van der Waals surface area (Å²) in [6, 6.07) is 8.21. The van der Waals surface area contributed by atoms with Crippen LogP contribution in [0.3, 0.4) is 0 Å². The van der Waals surface area contributed by atoms with Crippen LogP contribution in [0.2, 0.25) is 5.15 Å². The van der Waals surface area contributed by atoms with Crippen molar-refractivity contribution in [3.63, 3.8) is 0 Å². The summed E-state index contributed by atoms with van der Waals surface area (Å²) in [5, 5.41) is 2.98. The predicted octanol–water partition coefficient (Wildman–Crippen LogP) is 2.57. The summed E-state index contributed by atoms with van der Waals surface area (Å²) in [5.41, 5.74) is 12.7. The van der Waals surface area contributed by atoms with Crippen molar-refractivity contribution in [1.29, 1.82) is 0 Å². The first-order valence-corrected chi connectivity index (χ1v) is 13.9. The molecule has 0 saturated carbocycles. The number of likely N-dealkylation sites (tertiary alicyclic amines) is 1. The molecule has 1 amide bonds. The van der Waals surface area contributed by atoms with Crippen LogP contribution >= 0.6 is 11.6 Å². The van der Waals surface area contributed by atoms with Gasteiger partial charge in [-0.05, 0) is 63.4 Å². The van der Waals surface area contributed by atoms with Gasteiger partial charge in [-0.1, -0.05) is 23.7 Å². The van der Waals surface area contributed by atoms with Crippen molar-refractivity contribution < 1.29 is 23.7 Å². The molecular weight excluding hydrogens is 524 g/mol. The fourth-order valence-electron chi connectivity index (χ4n) is 4.30. The van der Waals surface area contributed by atoms with Crippen molar-refractivity contribution in [1.82, 2.24) is 20.2 Å². The topological polar surface area (TPSA) is 147 Å². The van der Waals surface area contributed by atoms with Crippen molar-refractivity contribution in [2.24, 2.45) is 0 Å². The molecule has 11 nitrogen and oxygen atoms in total. The van der Waals surface area contributed by atoms with Gasteiger partial charge >= 0.3 is 0 Å². The lowest BCUT2D eigenvalue weighted by Crippen LogP contribution is -2.48. The van der Waals surface area contributed by atoms with E-state index in [0.29, 0.717) is 46.2 Å². The highest BCUT2D eigenvalue weighted by molar-refractivity contribution is 6.31. The summed E-state index contributed by atoms with van der Waals surface area (Å²) < 4.78 is 21.9. The third kappa shape index (κ3) is 11.1. The van der Waals surface area contributed by atoms with E-state index in [1.54, 1.807) is 0 Å². The normalized spacial score (nSPS) is 15.8. The maximum absolute atomic E-state index is 12.7. The summed E-state index contributed by atoms with van der Waals surface area (Å²) in [6.07, 6.45) is 3.89. The van der Waals surface area contributed by atoms with Gasteiger partial charge in [0, 0.05) is 19.2 Å². The van der Waals surface area contributed by atoms with Crippen molar-refractivity contribution in [3.05, 3.63) is 40.7 Å². The van der Waals surface area contributed by atoms with Crippen LogP contribution in [0.15, 0.2) is 24.3 Å². The second-order valence-corrected chi connectivity index (χ2v) is 9.62. The lowest BCUT2D eigenvalue weighted by atomic mass is 10.0. The SMILES string of the molecule is CCOCCOCCOCCOc1ccc(CCCN2CCCC(NC(=O)c3nc(Cl)c(N)nc3N)C2)cc1. The van der Waals surface area contributed by atoms with E-state index in [-0.39, 0.29) is 34.4 Å². The Morgan fingerprint density at radius 3 is 2.44 bits per heavy atom. The minimum absolute atomic E-state index is 0.00459. The van der Waals surface area contributed by atoms with Crippen molar-refractivity contribution in [3.8, 4) is 5.75 Å². The molecule has 1 aliphatic rings. The number of carbonyl (C=O) groups is 1. The predicted molar refractivity (Wildman–Crippen MR) is 151 cm³/mol. The molecule has 3 rings (SSSR count). The molecule has 5 N–H and O–H groups in total. The van der Waals surface area contributed by atoms with E-state index in [1.807, 2.05) is 19.1 Å².